The number of ether oxygens (including phenoxy) is 1. The molecule has 1 amide bonds. The molecule has 2 aromatic carbocycles. The fourth-order valence-corrected chi connectivity index (χ4v) is 3.30. The maximum atomic E-state index is 12.7. The molecule has 29 heavy (non-hydrogen) atoms. The van der Waals surface area contributed by atoms with E-state index in [1.54, 1.807) is 30.0 Å². The molecule has 7 heteroatoms. The van der Waals surface area contributed by atoms with Crippen LogP contribution in [0.5, 0.6) is 5.75 Å². The number of nitrogens with zero attached hydrogens (tertiary/aromatic N) is 3. The van der Waals surface area contributed by atoms with Crippen molar-refractivity contribution in [1.82, 2.24) is 14.6 Å². The molecule has 6 nitrogen and oxygen atoms in total. The van der Waals surface area contributed by atoms with E-state index in [0.717, 1.165) is 22.4 Å². The van der Waals surface area contributed by atoms with Crippen LogP contribution in [0.2, 0.25) is 5.02 Å². The zero-order valence-corrected chi connectivity index (χ0v) is 16.8. The molecule has 0 aliphatic heterocycles. The molecule has 0 spiro atoms. The molecule has 146 valence electrons. The smallest absolute Gasteiger partial charge is 0.230 e. The predicted octanol–water partition coefficient (Wildman–Crippen LogP) is 4.55. The van der Waals surface area contributed by atoms with E-state index in [0.29, 0.717) is 22.2 Å². The Morgan fingerprint density at radius 3 is 2.72 bits per heavy atom. The number of carbonyl (C=O) groups excluding carboxylic acids is 1. The SMILES string of the molecule is COc1cccc(CC(=O)Nc2nn3c(C)ccnc3c2-c2ccc(Cl)cc2)c1. The predicted molar refractivity (Wildman–Crippen MR) is 113 cm³/mol. The fourth-order valence-electron chi connectivity index (χ4n) is 3.17. The molecule has 0 saturated heterocycles. The van der Waals surface area contributed by atoms with Crippen molar-refractivity contribution in [2.45, 2.75) is 13.3 Å². The maximum Gasteiger partial charge on any atom is 0.230 e. The van der Waals surface area contributed by atoms with Gasteiger partial charge in [-0.1, -0.05) is 35.9 Å². The molecule has 0 radical (unpaired) electrons. The van der Waals surface area contributed by atoms with E-state index in [-0.39, 0.29) is 12.3 Å². The minimum Gasteiger partial charge on any atom is -0.497 e. The van der Waals surface area contributed by atoms with Gasteiger partial charge in [-0.2, -0.15) is 0 Å². The number of methoxy groups -OCH3 is 1. The number of carbonyl (C=O) groups is 1. The molecule has 2 heterocycles. The van der Waals surface area contributed by atoms with E-state index in [9.17, 15) is 4.79 Å². The van der Waals surface area contributed by atoms with E-state index in [4.69, 9.17) is 16.3 Å². The van der Waals surface area contributed by atoms with Gasteiger partial charge in [0, 0.05) is 16.9 Å². The zero-order valence-electron chi connectivity index (χ0n) is 16.0. The van der Waals surface area contributed by atoms with Crippen molar-refractivity contribution >= 4 is 29.0 Å². The molecule has 0 aliphatic carbocycles. The summed E-state index contributed by atoms with van der Waals surface area (Å²) in [5.74, 6) is 1.00. The van der Waals surface area contributed by atoms with Crippen LogP contribution in [0.15, 0.2) is 60.8 Å². The summed E-state index contributed by atoms with van der Waals surface area (Å²) in [5.41, 5.74) is 4.07. The highest BCUT2D eigenvalue weighted by molar-refractivity contribution is 6.30. The van der Waals surface area contributed by atoms with Crippen LogP contribution in [0.25, 0.3) is 16.8 Å². The third kappa shape index (κ3) is 3.93. The van der Waals surface area contributed by atoms with E-state index < -0.39 is 0 Å². The van der Waals surface area contributed by atoms with Gasteiger partial charge in [-0.3, -0.25) is 4.79 Å². The van der Waals surface area contributed by atoms with E-state index in [1.165, 1.54) is 0 Å². The number of amides is 1. The van der Waals surface area contributed by atoms with Crippen LogP contribution in [-0.4, -0.2) is 27.6 Å². The lowest BCUT2D eigenvalue weighted by atomic mass is 10.1. The topological polar surface area (TPSA) is 68.5 Å². The first-order valence-corrected chi connectivity index (χ1v) is 9.46. The van der Waals surface area contributed by atoms with Crippen LogP contribution in [-0.2, 0) is 11.2 Å². The number of hydrogen-bond acceptors (Lipinski definition) is 4. The van der Waals surface area contributed by atoms with Gasteiger partial charge in [0.25, 0.3) is 0 Å². The van der Waals surface area contributed by atoms with E-state index in [1.807, 2.05) is 49.4 Å². The van der Waals surface area contributed by atoms with E-state index >= 15 is 0 Å². The molecule has 4 rings (SSSR count). The van der Waals surface area contributed by atoms with Crippen LogP contribution in [0.3, 0.4) is 0 Å². The molecule has 2 aromatic heterocycles. The molecule has 4 aromatic rings. The average Bonchev–Trinajstić information content (AvgIpc) is 3.08. The molecule has 0 atom stereocenters. The summed E-state index contributed by atoms with van der Waals surface area (Å²) in [7, 11) is 1.60. The highest BCUT2D eigenvalue weighted by Gasteiger charge is 2.19. The van der Waals surface area contributed by atoms with Crippen LogP contribution >= 0.6 is 11.6 Å². The van der Waals surface area contributed by atoms with Crippen molar-refractivity contribution < 1.29 is 9.53 Å². The number of aryl methyl sites for hydroxylation is 1. The second-order valence-electron chi connectivity index (χ2n) is 6.63. The third-order valence-corrected chi connectivity index (χ3v) is 4.85. The van der Waals surface area contributed by atoms with Gasteiger partial charge >= 0.3 is 0 Å². The van der Waals surface area contributed by atoms with Crippen LogP contribution < -0.4 is 10.1 Å². The van der Waals surface area contributed by atoms with Gasteiger partial charge in [-0.25, -0.2) is 9.50 Å². The first-order valence-electron chi connectivity index (χ1n) is 9.08. The molecular weight excluding hydrogens is 388 g/mol. The van der Waals surface area contributed by atoms with Gasteiger partial charge in [0.05, 0.1) is 19.1 Å². The molecular formula is C22H19ClN4O2. The normalized spacial score (nSPS) is 10.9. The number of hydrogen-bond donors (Lipinski definition) is 1. The minimum absolute atomic E-state index is 0.172. The van der Waals surface area contributed by atoms with Crippen molar-refractivity contribution in [3.05, 3.63) is 77.1 Å². The quantitative estimate of drug-likeness (QED) is 0.528. The number of fused-ring (bicyclic) bond motifs is 1. The number of nitrogens with one attached hydrogen (secondary N) is 1. The number of halogens is 1. The summed E-state index contributed by atoms with van der Waals surface area (Å²) >= 11 is 6.04. The summed E-state index contributed by atoms with van der Waals surface area (Å²) < 4.78 is 6.96. The van der Waals surface area contributed by atoms with Crippen molar-refractivity contribution in [3.63, 3.8) is 0 Å². The highest BCUT2D eigenvalue weighted by atomic mass is 35.5. The van der Waals surface area contributed by atoms with Crippen molar-refractivity contribution in [3.8, 4) is 16.9 Å². The fraction of sp³-hybridized carbons (Fsp3) is 0.136. The summed E-state index contributed by atoms with van der Waals surface area (Å²) in [6.07, 6.45) is 1.94. The highest BCUT2D eigenvalue weighted by Crippen LogP contribution is 2.32. The monoisotopic (exact) mass is 406 g/mol. The number of anilines is 1. The lowest BCUT2D eigenvalue weighted by Crippen LogP contribution is -2.15. The Bertz CT molecular complexity index is 1190. The van der Waals surface area contributed by atoms with Crippen LogP contribution in [0, 0.1) is 6.92 Å². The van der Waals surface area contributed by atoms with Gasteiger partial charge < -0.3 is 10.1 Å². The summed E-state index contributed by atoms with van der Waals surface area (Å²) in [4.78, 5) is 17.2. The molecule has 0 saturated carbocycles. The zero-order chi connectivity index (χ0) is 20.4. The summed E-state index contributed by atoms with van der Waals surface area (Å²) in [6, 6.07) is 16.7. The van der Waals surface area contributed by atoms with Crippen molar-refractivity contribution in [1.29, 1.82) is 0 Å². The Balaban J connectivity index is 1.71. The number of benzene rings is 2. The van der Waals surface area contributed by atoms with Crippen molar-refractivity contribution in [2.75, 3.05) is 12.4 Å². The molecule has 1 N–H and O–H groups in total. The van der Waals surface area contributed by atoms with Crippen molar-refractivity contribution in [2.24, 2.45) is 0 Å². The maximum absolute atomic E-state index is 12.7. The van der Waals surface area contributed by atoms with Gasteiger partial charge in [-0.05, 0) is 48.4 Å². The Morgan fingerprint density at radius 2 is 1.97 bits per heavy atom. The molecule has 0 aliphatic rings. The van der Waals surface area contributed by atoms with Gasteiger partial charge in [0.2, 0.25) is 5.91 Å². The number of aromatic nitrogens is 3. The first kappa shape index (κ1) is 19.0. The molecule has 0 unspecified atom stereocenters. The number of rotatable bonds is 5. The molecule has 0 bridgehead atoms. The van der Waals surface area contributed by atoms with E-state index in [2.05, 4.69) is 15.4 Å². The lowest BCUT2D eigenvalue weighted by molar-refractivity contribution is -0.115. The Labute approximate surface area is 173 Å². The van der Waals surface area contributed by atoms with Gasteiger partial charge in [-0.15, -0.1) is 5.10 Å². The Hall–Kier alpha value is -3.38. The second-order valence-corrected chi connectivity index (χ2v) is 7.07. The largest absolute Gasteiger partial charge is 0.497 e. The van der Waals surface area contributed by atoms with Crippen LogP contribution in [0.1, 0.15) is 11.3 Å². The Kier molecular flexibility index (Phi) is 5.18. The third-order valence-electron chi connectivity index (χ3n) is 4.60. The summed E-state index contributed by atoms with van der Waals surface area (Å²) in [6.45, 7) is 1.94. The lowest BCUT2D eigenvalue weighted by Gasteiger charge is -2.07. The Morgan fingerprint density at radius 1 is 1.17 bits per heavy atom. The van der Waals surface area contributed by atoms with Gasteiger partial charge in [0.1, 0.15) is 5.75 Å². The molecule has 0 fully saturated rings. The van der Waals surface area contributed by atoms with Gasteiger partial charge in [0.15, 0.2) is 11.5 Å². The summed E-state index contributed by atoms with van der Waals surface area (Å²) in [5, 5.41) is 8.17. The minimum atomic E-state index is -0.172. The van der Waals surface area contributed by atoms with Crippen LogP contribution in [0.4, 0.5) is 5.82 Å². The second kappa shape index (κ2) is 7.93. The first-order chi connectivity index (χ1) is 14.0. The average molecular weight is 407 g/mol. The standard InChI is InChI=1S/C22H19ClN4O2/c1-14-10-11-24-22-20(16-6-8-17(23)9-7-16)21(26-27(14)22)25-19(28)13-15-4-3-5-18(12-15)29-2/h3-12H,13H2,1-2H3,(H,25,26,28).